The zero-order chi connectivity index (χ0) is 12.3. The maximum atomic E-state index is 12.7. The van der Waals surface area contributed by atoms with E-state index in [2.05, 4.69) is 17.1 Å². The van der Waals surface area contributed by atoms with Crippen LogP contribution >= 0.6 is 24.8 Å². The van der Waals surface area contributed by atoms with E-state index in [4.69, 9.17) is 0 Å². The van der Waals surface area contributed by atoms with E-state index < -0.39 is 0 Å². The number of rotatable bonds is 3. The van der Waals surface area contributed by atoms with Gasteiger partial charge in [-0.25, -0.2) is 4.39 Å². The molecule has 0 aliphatic carbocycles. The van der Waals surface area contributed by atoms with Crippen molar-refractivity contribution >= 4 is 30.6 Å². The van der Waals surface area contributed by atoms with Crippen molar-refractivity contribution in [1.29, 1.82) is 0 Å². The molecular weight excluding hydrogens is 290 g/mol. The maximum Gasteiger partial charge on any atom is 0.176 e. The molecule has 0 bridgehead atoms. The fourth-order valence-corrected chi connectivity index (χ4v) is 2.03. The summed E-state index contributed by atoms with van der Waals surface area (Å²) in [5.74, 6) is -0.254. The maximum absolute atomic E-state index is 12.7. The number of carbonyl (C=O) groups excluding carboxylic acids is 1. The van der Waals surface area contributed by atoms with Crippen molar-refractivity contribution < 1.29 is 9.18 Å². The SMILES string of the molecule is CC1CNCCN1CC(=O)c1ccc(F)cc1.Cl.Cl. The van der Waals surface area contributed by atoms with Crippen molar-refractivity contribution in [3.05, 3.63) is 35.6 Å². The zero-order valence-corrected chi connectivity index (χ0v) is 12.4. The molecule has 0 radical (unpaired) electrons. The number of Topliss-reactive ketones (excluding diaryl/α,β-unsaturated/α-hetero) is 1. The van der Waals surface area contributed by atoms with Gasteiger partial charge in [-0.15, -0.1) is 24.8 Å². The molecule has 0 aromatic heterocycles. The van der Waals surface area contributed by atoms with Crippen LogP contribution in [-0.2, 0) is 0 Å². The molecule has 1 unspecified atom stereocenters. The third-order valence-corrected chi connectivity index (χ3v) is 3.15. The van der Waals surface area contributed by atoms with Gasteiger partial charge in [-0.1, -0.05) is 0 Å². The highest BCUT2D eigenvalue weighted by Crippen LogP contribution is 2.08. The van der Waals surface area contributed by atoms with Crippen molar-refractivity contribution in [3.8, 4) is 0 Å². The van der Waals surface area contributed by atoms with Gasteiger partial charge in [-0.05, 0) is 31.2 Å². The average Bonchev–Trinajstić information content (AvgIpc) is 2.33. The highest BCUT2D eigenvalue weighted by atomic mass is 35.5. The zero-order valence-electron chi connectivity index (χ0n) is 10.8. The number of nitrogens with zero attached hydrogens (tertiary/aromatic N) is 1. The van der Waals surface area contributed by atoms with Crippen LogP contribution in [-0.4, -0.2) is 42.9 Å². The van der Waals surface area contributed by atoms with Crippen molar-refractivity contribution in [2.75, 3.05) is 26.2 Å². The molecule has 2 rings (SSSR count). The molecule has 1 atom stereocenters. The lowest BCUT2D eigenvalue weighted by molar-refractivity contribution is 0.0875. The molecule has 0 spiro atoms. The third kappa shape index (κ3) is 5.07. The van der Waals surface area contributed by atoms with Crippen LogP contribution in [0.15, 0.2) is 24.3 Å². The molecule has 1 saturated heterocycles. The van der Waals surface area contributed by atoms with Gasteiger partial charge in [-0.3, -0.25) is 9.69 Å². The van der Waals surface area contributed by atoms with E-state index in [-0.39, 0.29) is 36.4 Å². The second kappa shape index (κ2) is 8.48. The lowest BCUT2D eigenvalue weighted by Gasteiger charge is -2.33. The van der Waals surface area contributed by atoms with E-state index in [9.17, 15) is 9.18 Å². The fourth-order valence-electron chi connectivity index (χ4n) is 2.03. The number of piperazine rings is 1. The van der Waals surface area contributed by atoms with Crippen LogP contribution in [0.2, 0.25) is 0 Å². The van der Waals surface area contributed by atoms with Gasteiger partial charge in [0.2, 0.25) is 0 Å². The van der Waals surface area contributed by atoms with Gasteiger partial charge < -0.3 is 5.32 Å². The molecule has 1 aliphatic rings. The highest BCUT2D eigenvalue weighted by Gasteiger charge is 2.20. The number of carbonyl (C=O) groups is 1. The van der Waals surface area contributed by atoms with Crippen LogP contribution in [0.3, 0.4) is 0 Å². The molecule has 19 heavy (non-hydrogen) atoms. The molecule has 6 heteroatoms. The first kappa shape index (κ1) is 18.3. The van der Waals surface area contributed by atoms with Crippen LogP contribution in [0.4, 0.5) is 4.39 Å². The van der Waals surface area contributed by atoms with Crippen LogP contribution in [0.5, 0.6) is 0 Å². The molecule has 1 fully saturated rings. The Morgan fingerprint density at radius 2 is 2.00 bits per heavy atom. The third-order valence-electron chi connectivity index (χ3n) is 3.15. The molecule has 3 nitrogen and oxygen atoms in total. The first-order valence-corrected chi connectivity index (χ1v) is 5.90. The molecule has 1 N–H and O–H groups in total. The number of benzene rings is 1. The van der Waals surface area contributed by atoms with Gasteiger partial charge in [0, 0.05) is 31.2 Å². The van der Waals surface area contributed by atoms with Gasteiger partial charge in [0.05, 0.1) is 6.54 Å². The monoisotopic (exact) mass is 308 g/mol. The van der Waals surface area contributed by atoms with Crippen LogP contribution in [0.1, 0.15) is 17.3 Å². The van der Waals surface area contributed by atoms with Crippen molar-refractivity contribution in [2.24, 2.45) is 0 Å². The van der Waals surface area contributed by atoms with Gasteiger partial charge in [0.15, 0.2) is 5.78 Å². The lowest BCUT2D eigenvalue weighted by atomic mass is 10.1. The number of halogens is 3. The topological polar surface area (TPSA) is 32.3 Å². The molecule has 108 valence electrons. The normalized spacial score (nSPS) is 19.2. The standard InChI is InChI=1S/C13H17FN2O.2ClH/c1-10-8-15-6-7-16(10)9-13(17)11-2-4-12(14)5-3-11;;/h2-5,10,15H,6-9H2,1H3;2*1H. The summed E-state index contributed by atoms with van der Waals surface area (Å²) < 4.78 is 12.7. The second-order valence-corrected chi connectivity index (χ2v) is 4.45. The van der Waals surface area contributed by atoms with Crippen molar-refractivity contribution in [1.82, 2.24) is 10.2 Å². The summed E-state index contributed by atoms with van der Waals surface area (Å²) in [5.41, 5.74) is 0.581. The molecule has 1 aliphatic heterocycles. The molecule has 1 heterocycles. The minimum absolute atomic E-state index is 0. The minimum Gasteiger partial charge on any atom is -0.314 e. The molecule has 1 aromatic rings. The van der Waals surface area contributed by atoms with E-state index >= 15 is 0 Å². The number of hydrogen-bond donors (Lipinski definition) is 1. The van der Waals surface area contributed by atoms with Crippen LogP contribution in [0.25, 0.3) is 0 Å². The summed E-state index contributed by atoms with van der Waals surface area (Å²) in [6.07, 6.45) is 0. The Hall–Kier alpha value is -0.680. The summed E-state index contributed by atoms with van der Waals surface area (Å²) >= 11 is 0. The summed E-state index contributed by atoms with van der Waals surface area (Å²) in [4.78, 5) is 14.1. The van der Waals surface area contributed by atoms with Gasteiger partial charge in [0.1, 0.15) is 5.82 Å². The van der Waals surface area contributed by atoms with E-state index in [1.807, 2.05) is 0 Å². The summed E-state index contributed by atoms with van der Waals surface area (Å²) in [6, 6.07) is 6.12. The van der Waals surface area contributed by atoms with Crippen molar-refractivity contribution in [2.45, 2.75) is 13.0 Å². The predicted molar refractivity (Wildman–Crippen MR) is 79.1 cm³/mol. The summed E-state index contributed by atoms with van der Waals surface area (Å²) in [6.45, 7) is 5.23. The predicted octanol–water partition coefficient (Wildman–Crippen LogP) is 2.15. The number of hydrogen-bond acceptors (Lipinski definition) is 3. The Balaban J connectivity index is 0.00000162. The van der Waals surface area contributed by atoms with Gasteiger partial charge in [-0.2, -0.15) is 0 Å². The quantitative estimate of drug-likeness (QED) is 0.868. The fraction of sp³-hybridized carbons (Fsp3) is 0.462. The Morgan fingerprint density at radius 1 is 1.37 bits per heavy atom. The van der Waals surface area contributed by atoms with E-state index in [1.165, 1.54) is 12.1 Å². The molecule has 1 aromatic carbocycles. The Kier molecular flexibility index (Phi) is 8.18. The van der Waals surface area contributed by atoms with Crippen LogP contribution < -0.4 is 5.32 Å². The first-order valence-electron chi connectivity index (χ1n) is 5.90. The minimum atomic E-state index is -0.308. The van der Waals surface area contributed by atoms with Gasteiger partial charge >= 0.3 is 0 Å². The number of ketones is 1. The molecular formula is C13H19Cl2FN2O. The van der Waals surface area contributed by atoms with Gasteiger partial charge in [0.25, 0.3) is 0 Å². The highest BCUT2D eigenvalue weighted by molar-refractivity contribution is 5.97. The summed E-state index contributed by atoms with van der Waals surface area (Å²) in [7, 11) is 0. The molecule has 0 amide bonds. The van der Waals surface area contributed by atoms with E-state index in [1.54, 1.807) is 12.1 Å². The Labute approximate surface area is 125 Å². The lowest BCUT2D eigenvalue weighted by Crippen LogP contribution is -2.51. The number of nitrogens with one attached hydrogen (secondary N) is 1. The van der Waals surface area contributed by atoms with E-state index in [0.717, 1.165) is 19.6 Å². The summed E-state index contributed by atoms with van der Waals surface area (Å²) in [5, 5.41) is 3.28. The Bertz CT molecular complexity index is 400. The van der Waals surface area contributed by atoms with Crippen molar-refractivity contribution in [3.63, 3.8) is 0 Å². The second-order valence-electron chi connectivity index (χ2n) is 4.45. The Morgan fingerprint density at radius 3 is 2.58 bits per heavy atom. The average molecular weight is 309 g/mol. The van der Waals surface area contributed by atoms with E-state index in [0.29, 0.717) is 18.2 Å². The largest absolute Gasteiger partial charge is 0.314 e. The molecule has 0 saturated carbocycles. The van der Waals surface area contributed by atoms with Crippen LogP contribution in [0, 0.1) is 5.82 Å². The smallest absolute Gasteiger partial charge is 0.176 e. The first-order chi connectivity index (χ1) is 8.16.